The summed E-state index contributed by atoms with van der Waals surface area (Å²) in [6.07, 6.45) is 2.48. The topological polar surface area (TPSA) is 35.6 Å². The van der Waals surface area contributed by atoms with Gasteiger partial charge >= 0.3 is 6.03 Å². The van der Waals surface area contributed by atoms with Crippen LogP contribution < -0.4 is 5.32 Å². The highest BCUT2D eigenvalue weighted by Crippen LogP contribution is 2.15. The Kier molecular flexibility index (Phi) is 5.60. The fraction of sp³-hybridized carbons (Fsp3) is 0.917. The van der Waals surface area contributed by atoms with Gasteiger partial charge in [-0.2, -0.15) is 0 Å². The zero-order valence-electron chi connectivity index (χ0n) is 10.8. The van der Waals surface area contributed by atoms with Crippen LogP contribution in [-0.2, 0) is 0 Å². The van der Waals surface area contributed by atoms with Crippen molar-refractivity contribution >= 4 is 6.03 Å². The van der Waals surface area contributed by atoms with Crippen LogP contribution in [0.25, 0.3) is 0 Å². The first-order chi connectivity index (χ1) is 7.72. The molecule has 4 heteroatoms. The zero-order chi connectivity index (χ0) is 12.0. The highest BCUT2D eigenvalue weighted by molar-refractivity contribution is 5.74. The number of hydrogen-bond donors (Lipinski definition) is 1. The van der Waals surface area contributed by atoms with Gasteiger partial charge in [0, 0.05) is 25.7 Å². The van der Waals surface area contributed by atoms with Crippen LogP contribution in [0.5, 0.6) is 0 Å². The summed E-state index contributed by atoms with van der Waals surface area (Å²) < 4.78 is 0. The van der Waals surface area contributed by atoms with E-state index in [0.717, 1.165) is 26.2 Å². The van der Waals surface area contributed by atoms with Crippen LogP contribution in [0.1, 0.15) is 33.6 Å². The molecule has 1 saturated heterocycles. The lowest BCUT2D eigenvalue weighted by Gasteiger charge is -2.25. The van der Waals surface area contributed by atoms with Crippen LogP contribution in [-0.4, -0.2) is 54.6 Å². The number of hydrogen-bond acceptors (Lipinski definition) is 2. The molecule has 0 bridgehead atoms. The van der Waals surface area contributed by atoms with Gasteiger partial charge in [-0.15, -0.1) is 0 Å². The lowest BCUT2D eigenvalue weighted by Crippen LogP contribution is -2.45. The predicted molar refractivity (Wildman–Crippen MR) is 66.6 cm³/mol. The lowest BCUT2D eigenvalue weighted by atomic mass is 10.2. The van der Waals surface area contributed by atoms with Crippen molar-refractivity contribution in [1.29, 1.82) is 0 Å². The van der Waals surface area contributed by atoms with Gasteiger partial charge in [0.2, 0.25) is 0 Å². The summed E-state index contributed by atoms with van der Waals surface area (Å²) in [6, 6.07) is 0.623. The van der Waals surface area contributed by atoms with E-state index < -0.39 is 0 Å². The first-order valence-electron chi connectivity index (χ1n) is 6.49. The Balaban J connectivity index is 2.30. The van der Waals surface area contributed by atoms with E-state index in [1.54, 1.807) is 0 Å². The molecule has 2 amide bonds. The van der Waals surface area contributed by atoms with Crippen molar-refractivity contribution in [2.75, 3.05) is 32.7 Å². The largest absolute Gasteiger partial charge is 0.336 e. The molecule has 1 aliphatic heterocycles. The fourth-order valence-corrected chi connectivity index (χ4v) is 2.37. The van der Waals surface area contributed by atoms with Crippen molar-refractivity contribution in [3.05, 3.63) is 0 Å². The summed E-state index contributed by atoms with van der Waals surface area (Å²) in [6.45, 7) is 10.8. The maximum Gasteiger partial charge on any atom is 0.317 e. The number of likely N-dealkylation sites (N-methyl/N-ethyl adjacent to an activating group) is 1. The van der Waals surface area contributed by atoms with Crippen molar-refractivity contribution in [3.8, 4) is 0 Å². The van der Waals surface area contributed by atoms with Crippen LogP contribution in [0, 0.1) is 0 Å². The van der Waals surface area contributed by atoms with Gasteiger partial charge in [0.05, 0.1) is 0 Å². The number of rotatable bonds is 5. The second-order valence-electron chi connectivity index (χ2n) is 4.28. The SMILES string of the molecule is CCN(CC)C(=O)NC[C@H]1CCCN1CC. The number of nitrogens with one attached hydrogen (secondary N) is 1. The Morgan fingerprint density at radius 2 is 2.06 bits per heavy atom. The standard InChI is InChI=1S/C12H25N3O/c1-4-14(5-2)12(16)13-10-11-8-7-9-15(11)6-3/h11H,4-10H2,1-3H3,(H,13,16)/t11-/m1/s1. The minimum Gasteiger partial charge on any atom is -0.336 e. The smallest absolute Gasteiger partial charge is 0.317 e. The van der Waals surface area contributed by atoms with Crippen LogP contribution in [0.3, 0.4) is 0 Å². The van der Waals surface area contributed by atoms with Gasteiger partial charge in [-0.25, -0.2) is 4.79 Å². The molecule has 0 saturated carbocycles. The van der Waals surface area contributed by atoms with E-state index in [1.807, 2.05) is 18.7 Å². The Morgan fingerprint density at radius 1 is 1.38 bits per heavy atom. The van der Waals surface area contributed by atoms with Crippen LogP contribution in [0.2, 0.25) is 0 Å². The number of likely N-dealkylation sites (tertiary alicyclic amines) is 1. The van der Waals surface area contributed by atoms with Gasteiger partial charge in [-0.3, -0.25) is 4.90 Å². The Labute approximate surface area is 99.0 Å². The molecule has 4 nitrogen and oxygen atoms in total. The molecule has 1 N–H and O–H groups in total. The van der Waals surface area contributed by atoms with E-state index in [4.69, 9.17) is 0 Å². The van der Waals surface area contributed by atoms with Gasteiger partial charge in [0.1, 0.15) is 0 Å². The maximum atomic E-state index is 11.8. The van der Waals surface area contributed by atoms with Crippen LogP contribution in [0.15, 0.2) is 0 Å². The number of nitrogens with zero attached hydrogens (tertiary/aromatic N) is 2. The molecule has 0 aromatic carbocycles. The van der Waals surface area contributed by atoms with Crippen molar-refractivity contribution in [2.45, 2.75) is 39.7 Å². The molecule has 1 heterocycles. The molecule has 0 unspecified atom stereocenters. The molecule has 1 fully saturated rings. The summed E-state index contributed by atoms with van der Waals surface area (Å²) in [7, 11) is 0. The van der Waals surface area contributed by atoms with Gasteiger partial charge in [0.25, 0.3) is 0 Å². The van der Waals surface area contributed by atoms with E-state index in [1.165, 1.54) is 19.4 Å². The Morgan fingerprint density at radius 3 is 2.62 bits per heavy atom. The van der Waals surface area contributed by atoms with Gasteiger partial charge < -0.3 is 10.2 Å². The van der Waals surface area contributed by atoms with E-state index in [0.29, 0.717) is 6.04 Å². The average molecular weight is 227 g/mol. The van der Waals surface area contributed by atoms with Crippen molar-refractivity contribution in [3.63, 3.8) is 0 Å². The summed E-state index contributed by atoms with van der Waals surface area (Å²) >= 11 is 0. The van der Waals surface area contributed by atoms with E-state index in [2.05, 4.69) is 17.1 Å². The first kappa shape index (κ1) is 13.3. The molecule has 1 rings (SSSR count). The average Bonchev–Trinajstić information content (AvgIpc) is 2.75. The molecule has 16 heavy (non-hydrogen) atoms. The Hall–Kier alpha value is -0.770. The predicted octanol–water partition coefficient (Wildman–Crippen LogP) is 1.52. The zero-order valence-corrected chi connectivity index (χ0v) is 10.8. The van der Waals surface area contributed by atoms with E-state index in [9.17, 15) is 4.79 Å². The van der Waals surface area contributed by atoms with Gasteiger partial charge in [0.15, 0.2) is 0 Å². The Bertz CT molecular complexity index is 216. The summed E-state index contributed by atoms with van der Waals surface area (Å²) in [5, 5.41) is 3.04. The third-order valence-electron chi connectivity index (χ3n) is 3.44. The highest BCUT2D eigenvalue weighted by atomic mass is 16.2. The van der Waals surface area contributed by atoms with E-state index in [-0.39, 0.29) is 6.03 Å². The molecular formula is C12H25N3O. The first-order valence-corrected chi connectivity index (χ1v) is 6.49. The van der Waals surface area contributed by atoms with Crippen molar-refractivity contribution in [1.82, 2.24) is 15.1 Å². The third-order valence-corrected chi connectivity index (χ3v) is 3.44. The lowest BCUT2D eigenvalue weighted by molar-refractivity contribution is 0.196. The summed E-state index contributed by atoms with van der Waals surface area (Å²) in [5.74, 6) is 0. The van der Waals surface area contributed by atoms with Gasteiger partial charge in [-0.05, 0) is 39.8 Å². The van der Waals surface area contributed by atoms with Crippen LogP contribution in [0.4, 0.5) is 4.79 Å². The number of carbonyl (C=O) groups is 1. The molecule has 0 radical (unpaired) electrons. The molecule has 0 aromatic rings. The monoisotopic (exact) mass is 227 g/mol. The molecule has 1 aliphatic rings. The molecule has 0 aromatic heterocycles. The summed E-state index contributed by atoms with van der Waals surface area (Å²) in [5.41, 5.74) is 0. The minimum absolute atomic E-state index is 0.0768. The molecular weight excluding hydrogens is 202 g/mol. The second-order valence-corrected chi connectivity index (χ2v) is 4.28. The quantitative estimate of drug-likeness (QED) is 0.773. The fourth-order valence-electron chi connectivity index (χ4n) is 2.37. The highest BCUT2D eigenvalue weighted by Gasteiger charge is 2.23. The second kappa shape index (κ2) is 6.74. The van der Waals surface area contributed by atoms with Crippen LogP contribution >= 0.6 is 0 Å². The van der Waals surface area contributed by atoms with Crippen molar-refractivity contribution < 1.29 is 4.79 Å². The number of carbonyl (C=O) groups excluding carboxylic acids is 1. The van der Waals surface area contributed by atoms with Gasteiger partial charge in [-0.1, -0.05) is 6.92 Å². The maximum absolute atomic E-state index is 11.8. The molecule has 94 valence electrons. The number of amides is 2. The summed E-state index contributed by atoms with van der Waals surface area (Å²) in [4.78, 5) is 16.0. The molecule has 0 aliphatic carbocycles. The molecule has 0 spiro atoms. The third kappa shape index (κ3) is 3.37. The number of urea groups is 1. The van der Waals surface area contributed by atoms with Crippen molar-refractivity contribution in [2.24, 2.45) is 0 Å². The normalized spacial score (nSPS) is 21.1. The molecule has 1 atom stereocenters. The minimum atomic E-state index is 0.0768. The van der Waals surface area contributed by atoms with E-state index >= 15 is 0 Å².